The minimum Gasteiger partial charge on any atom is -0.461 e. The Morgan fingerprint density at radius 2 is 1.72 bits per heavy atom. The highest BCUT2D eigenvalue weighted by Crippen LogP contribution is 2.22. The molecule has 1 aliphatic rings. The summed E-state index contributed by atoms with van der Waals surface area (Å²) in [6.07, 6.45) is 1.02. The molecule has 1 amide bonds. The van der Waals surface area contributed by atoms with Gasteiger partial charge in [0.2, 0.25) is 5.91 Å². The number of hydrogen-bond acceptors (Lipinski definition) is 4. The minimum atomic E-state index is 0.0415. The zero-order chi connectivity index (χ0) is 19.9. The number of nitrogens with one attached hydrogen (secondary N) is 1. The van der Waals surface area contributed by atoms with E-state index in [4.69, 9.17) is 4.42 Å². The van der Waals surface area contributed by atoms with Gasteiger partial charge in [0.25, 0.3) is 0 Å². The number of carbonyl (C=O) groups is 1. The van der Waals surface area contributed by atoms with Crippen molar-refractivity contribution in [1.82, 2.24) is 5.32 Å². The van der Waals surface area contributed by atoms with Crippen molar-refractivity contribution >= 4 is 23.4 Å². The molecule has 5 heteroatoms. The molecule has 4 nitrogen and oxygen atoms in total. The molecule has 4 rings (SSSR count). The fourth-order valence-corrected chi connectivity index (χ4v) is 4.34. The molecule has 1 aliphatic heterocycles. The summed E-state index contributed by atoms with van der Waals surface area (Å²) in [6.45, 7) is 2.78. The van der Waals surface area contributed by atoms with Crippen LogP contribution in [0.3, 0.4) is 0 Å². The first kappa shape index (κ1) is 19.6. The Kier molecular flexibility index (Phi) is 6.57. The van der Waals surface area contributed by atoms with E-state index in [9.17, 15) is 4.79 Å². The van der Waals surface area contributed by atoms with Gasteiger partial charge >= 0.3 is 0 Å². The average molecular weight is 407 g/mol. The van der Waals surface area contributed by atoms with E-state index < -0.39 is 0 Å². The van der Waals surface area contributed by atoms with Crippen molar-refractivity contribution in [2.24, 2.45) is 0 Å². The van der Waals surface area contributed by atoms with Crippen LogP contribution < -0.4 is 10.2 Å². The molecule has 0 unspecified atom stereocenters. The largest absolute Gasteiger partial charge is 0.461 e. The smallest absolute Gasteiger partial charge is 0.220 e. The molecule has 0 atom stereocenters. The van der Waals surface area contributed by atoms with E-state index in [2.05, 4.69) is 34.5 Å². The molecular formula is C24H26N2O2S. The Hall–Kier alpha value is -2.66. The first-order valence-corrected chi connectivity index (χ1v) is 11.3. The normalized spacial score (nSPS) is 14.0. The number of hydrogen-bond donors (Lipinski definition) is 1. The number of amides is 1. The van der Waals surface area contributed by atoms with Crippen molar-refractivity contribution in [1.29, 1.82) is 0 Å². The lowest BCUT2D eigenvalue weighted by Crippen LogP contribution is -2.32. The number of nitrogens with zero attached hydrogens (tertiary/aromatic N) is 1. The van der Waals surface area contributed by atoms with Gasteiger partial charge in [-0.1, -0.05) is 42.5 Å². The first-order chi connectivity index (χ1) is 14.3. The van der Waals surface area contributed by atoms with Crippen LogP contribution in [0, 0.1) is 0 Å². The molecule has 0 radical (unpaired) electrons. The second kappa shape index (κ2) is 9.70. The van der Waals surface area contributed by atoms with E-state index in [1.54, 1.807) is 0 Å². The van der Waals surface area contributed by atoms with E-state index in [0.29, 0.717) is 19.4 Å². The van der Waals surface area contributed by atoms with Crippen LogP contribution in [0.2, 0.25) is 0 Å². The van der Waals surface area contributed by atoms with Gasteiger partial charge < -0.3 is 14.6 Å². The van der Waals surface area contributed by atoms with Crippen LogP contribution in [0.5, 0.6) is 0 Å². The Bertz CT molecular complexity index is 916. The van der Waals surface area contributed by atoms with Gasteiger partial charge in [-0.3, -0.25) is 4.79 Å². The number of thioether (sulfide) groups is 1. The van der Waals surface area contributed by atoms with Crippen molar-refractivity contribution in [3.05, 3.63) is 78.1 Å². The number of anilines is 1. The summed E-state index contributed by atoms with van der Waals surface area (Å²) in [6, 6.07) is 22.4. The maximum absolute atomic E-state index is 12.2. The zero-order valence-electron chi connectivity index (χ0n) is 16.5. The van der Waals surface area contributed by atoms with Gasteiger partial charge in [-0.2, -0.15) is 11.8 Å². The van der Waals surface area contributed by atoms with Gasteiger partial charge in [-0.25, -0.2) is 0 Å². The lowest BCUT2D eigenvalue weighted by molar-refractivity contribution is -0.121. The van der Waals surface area contributed by atoms with Crippen molar-refractivity contribution < 1.29 is 9.21 Å². The highest BCUT2D eigenvalue weighted by molar-refractivity contribution is 7.99. The van der Waals surface area contributed by atoms with Gasteiger partial charge in [0.1, 0.15) is 11.5 Å². The lowest BCUT2D eigenvalue weighted by atomic mass is 10.2. The predicted octanol–water partition coefficient (Wildman–Crippen LogP) is 4.75. The summed E-state index contributed by atoms with van der Waals surface area (Å²) < 4.78 is 5.87. The van der Waals surface area contributed by atoms with Crippen molar-refractivity contribution in [2.45, 2.75) is 19.4 Å². The van der Waals surface area contributed by atoms with Crippen molar-refractivity contribution in [3.63, 3.8) is 0 Å². The summed E-state index contributed by atoms with van der Waals surface area (Å²) in [5, 5.41) is 3.01. The topological polar surface area (TPSA) is 45.5 Å². The Morgan fingerprint density at radius 3 is 2.48 bits per heavy atom. The van der Waals surface area contributed by atoms with Crippen molar-refractivity contribution in [3.8, 4) is 11.3 Å². The summed E-state index contributed by atoms with van der Waals surface area (Å²) >= 11 is 2.02. The quantitative estimate of drug-likeness (QED) is 0.615. The van der Waals surface area contributed by atoms with Crippen LogP contribution in [-0.2, 0) is 17.8 Å². The lowest BCUT2D eigenvalue weighted by Gasteiger charge is -2.28. The minimum absolute atomic E-state index is 0.0415. The van der Waals surface area contributed by atoms with E-state index in [1.165, 1.54) is 17.2 Å². The molecule has 2 heterocycles. The molecule has 1 aromatic heterocycles. The van der Waals surface area contributed by atoms with E-state index in [-0.39, 0.29) is 5.91 Å². The third-order valence-corrected chi connectivity index (χ3v) is 6.06. The van der Waals surface area contributed by atoms with E-state index >= 15 is 0 Å². The van der Waals surface area contributed by atoms with Crippen LogP contribution in [-0.4, -0.2) is 30.5 Å². The van der Waals surface area contributed by atoms with Crippen LogP contribution >= 0.6 is 11.8 Å². The Labute approximate surface area is 176 Å². The number of aryl methyl sites for hydroxylation is 1. The summed E-state index contributed by atoms with van der Waals surface area (Å²) in [5.41, 5.74) is 3.44. The predicted molar refractivity (Wildman–Crippen MR) is 120 cm³/mol. The molecule has 29 heavy (non-hydrogen) atoms. The highest BCUT2D eigenvalue weighted by Gasteiger charge is 2.11. The maximum atomic E-state index is 12.2. The number of carbonyl (C=O) groups excluding carboxylic acids is 1. The number of furan rings is 1. The van der Waals surface area contributed by atoms with Gasteiger partial charge in [-0.05, 0) is 29.8 Å². The standard InChI is InChI=1S/C24H26N2O2S/c27-24(13-11-22-10-12-23(28-22)20-4-2-1-3-5-20)25-18-19-6-8-21(9-7-19)26-14-16-29-17-15-26/h1-10,12H,11,13-18H2,(H,25,27). The maximum Gasteiger partial charge on any atom is 0.220 e. The fraction of sp³-hybridized carbons (Fsp3) is 0.292. The monoisotopic (exact) mass is 406 g/mol. The Balaban J connectivity index is 1.22. The third kappa shape index (κ3) is 5.45. The summed E-state index contributed by atoms with van der Waals surface area (Å²) in [4.78, 5) is 14.6. The van der Waals surface area contributed by atoms with Gasteiger partial charge in [0.15, 0.2) is 0 Å². The summed E-state index contributed by atoms with van der Waals surface area (Å²) in [5.74, 6) is 4.11. The molecule has 0 bridgehead atoms. The molecule has 1 fully saturated rings. The van der Waals surface area contributed by atoms with Gasteiger partial charge in [0, 0.05) is 55.2 Å². The molecule has 2 aromatic carbocycles. The highest BCUT2D eigenvalue weighted by atomic mass is 32.2. The molecule has 1 N–H and O–H groups in total. The zero-order valence-corrected chi connectivity index (χ0v) is 17.3. The molecule has 0 saturated carbocycles. The van der Waals surface area contributed by atoms with Crippen LogP contribution in [0.25, 0.3) is 11.3 Å². The molecule has 0 aliphatic carbocycles. The third-order valence-electron chi connectivity index (χ3n) is 5.12. The first-order valence-electron chi connectivity index (χ1n) is 10.1. The molecule has 3 aromatic rings. The molecule has 150 valence electrons. The second-order valence-corrected chi connectivity index (χ2v) is 8.40. The molecule has 0 spiro atoms. The molecule has 1 saturated heterocycles. The summed E-state index contributed by atoms with van der Waals surface area (Å²) in [7, 11) is 0. The fourth-order valence-electron chi connectivity index (χ4n) is 3.44. The van der Waals surface area contributed by atoms with E-state index in [0.717, 1.165) is 35.7 Å². The second-order valence-electron chi connectivity index (χ2n) is 7.17. The van der Waals surface area contributed by atoms with Crippen LogP contribution in [0.15, 0.2) is 71.1 Å². The van der Waals surface area contributed by atoms with Gasteiger partial charge in [-0.15, -0.1) is 0 Å². The van der Waals surface area contributed by atoms with Crippen LogP contribution in [0.1, 0.15) is 17.7 Å². The van der Waals surface area contributed by atoms with Gasteiger partial charge in [0.05, 0.1) is 0 Å². The average Bonchev–Trinajstić information content (AvgIpc) is 3.27. The van der Waals surface area contributed by atoms with Crippen LogP contribution in [0.4, 0.5) is 5.69 Å². The SMILES string of the molecule is O=C(CCc1ccc(-c2ccccc2)o1)NCc1ccc(N2CCSCC2)cc1. The number of benzene rings is 2. The van der Waals surface area contributed by atoms with Crippen molar-refractivity contribution in [2.75, 3.05) is 29.5 Å². The Morgan fingerprint density at radius 1 is 0.966 bits per heavy atom. The molecular weight excluding hydrogens is 380 g/mol. The number of rotatable bonds is 7. The van der Waals surface area contributed by atoms with E-state index in [1.807, 2.05) is 54.2 Å².